The third kappa shape index (κ3) is 24.4. The minimum absolute atomic E-state index is 0.264. The topological polar surface area (TPSA) is 161 Å². The molecule has 0 saturated heterocycles. The van der Waals surface area contributed by atoms with Gasteiger partial charge in [-0.25, -0.2) is 19.2 Å². The van der Waals surface area contributed by atoms with Crippen molar-refractivity contribution in [1.82, 2.24) is 0 Å². The van der Waals surface area contributed by atoms with Crippen molar-refractivity contribution in [2.75, 3.05) is 54.9 Å². The Bertz CT molecular complexity index is 2090. The number of methoxy groups -OCH3 is 4. The van der Waals surface area contributed by atoms with E-state index in [1.807, 2.05) is 6.07 Å². The molecule has 0 N–H and O–H groups in total. The van der Waals surface area contributed by atoms with Crippen molar-refractivity contribution in [3.05, 3.63) is 107 Å². The second kappa shape index (κ2) is 35.9. The van der Waals surface area contributed by atoms with Gasteiger partial charge >= 0.3 is 23.9 Å². The number of unbranched alkanes of at least 4 members (excludes halogenated alkanes) is 14. The van der Waals surface area contributed by atoms with E-state index in [0.29, 0.717) is 60.6 Å². The molecule has 0 fully saturated rings. The van der Waals surface area contributed by atoms with Crippen LogP contribution in [0.4, 0.5) is 0 Å². The number of esters is 4. The van der Waals surface area contributed by atoms with Crippen LogP contribution in [0.3, 0.4) is 0 Å². The number of carbonyl (C=O) groups is 4. The zero-order valence-electron chi connectivity index (χ0n) is 42.2. The summed E-state index contributed by atoms with van der Waals surface area (Å²) in [7, 11) is 5.73. The van der Waals surface area contributed by atoms with Gasteiger partial charge in [-0.15, -0.1) is 0 Å². The van der Waals surface area contributed by atoms with Crippen LogP contribution in [-0.2, 0) is 55.9 Å². The number of aryl methyl sites for hydroxylation is 2. The minimum atomic E-state index is -0.447. The molecule has 0 saturated carbocycles. The Hall–Kier alpha value is -6.12. The van der Waals surface area contributed by atoms with Crippen LogP contribution in [0.2, 0.25) is 0 Å². The molecule has 3 aromatic carbocycles. The van der Waals surface area contributed by atoms with Crippen LogP contribution in [0.25, 0.3) is 12.2 Å². The summed E-state index contributed by atoms with van der Waals surface area (Å²) in [4.78, 5) is 69.9. The zero-order chi connectivity index (χ0) is 50.6. The molecule has 0 radical (unpaired) electrons. The van der Waals surface area contributed by atoms with Gasteiger partial charge in [0.2, 0.25) is 11.5 Å². The van der Waals surface area contributed by atoms with E-state index >= 15 is 0 Å². The first-order valence-corrected chi connectivity index (χ1v) is 24.7. The van der Waals surface area contributed by atoms with Gasteiger partial charge in [0.15, 0.2) is 11.5 Å². The smallest absolute Gasteiger partial charge is 0.338 e. The second-order valence-electron chi connectivity index (χ2n) is 16.9. The van der Waals surface area contributed by atoms with Crippen LogP contribution in [0.1, 0.15) is 149 Å². The highest BCUT2D eigenvalue weighted by atomic mass is 17.2. The molecule has 3 aromatic rings. The van der Waals surface area contributed by atoms with Crippen molar-refractivity contribution >= 4 is 36.0 Å². The fraction of sp³-hybridized carbons (Fsp3) is 0.500. The van der Waals surface area contributed by atoms with Gasteiger partial charge in [0.1, 0.15) is 0 Å². The maximum Gasteiger partial charge on any atom is 0.338 e. The van der Waals surface area contributed by atoms with Crippen LogP contribution >= 0.6 is 0 Å². The van der Waals surface area contributed by atoms with Gasteiger partial charge in [-0.05, 0) is 123 Å². The predicted octanol–water partition coefficient (Wildman–Crippen LogP) is 12.1. The quantitative estimate of drug-likeness (QED) is 0.0133. The maximum absolute atomic E-state index is 13.6. The van der Waals surface area contributed by atoms with E-state index in [9.17, 15) is 19.2 Å². The lowest BCUT2D eigenvalue weighted by molar-refractivity contribution is -0.208. The highest BCUT2D eigenvalue weighted by molar-refractivity contribution is 5.91. The lowest BCUT2D eigenvalue weighted by Gasteiger charge is -2.13. The average Bonchev–Trinajstić information content (AvgIpc) is 3.37. The zero-order valence-corrected chi connectivity index (χ0v) is 42.2. The van der Waals surface area contributed by atoms with Gasteiger partial charge in [0.05, 0.1) is 60.4 Å². The number of rotatable bonds is 38. The largest absolute Gasteiger partial charge is 0.493 e. The predicted molar refractivity (Wildman–Crippen MR) is 270 cm³/mol. The third-order valence-corrected chi connectivity index (χ3v) is 11.3. The number of hydrogen-bond acceptors (Lipinski definition) is 14. The van der Waals surface area contributed by atoms with Crippen LogP contribution < -0.4 is 19.2 Å². The molecular weight excluding hydrogens is 897 g/mol. The third-order valence-electron chi connectivity index (χ3n) is 11.3. The molecule has 0 unspecified atom stereocenters. The Morgan fingerprint density at radius 2 is 0.929 bits per heavy atom. The van der Waals surface area contributed by atoms with Crippen molar-refractivity contribution in [2.45, 2.75) is 129 Å². The molecule has 0 spiro atoms. The lowest BCUT2D eigenvalue weighted by atomic mass is 9.96. The summed E-state index contributed by atoms with van der Waals surface area (Å²) >= 11 is 0. The molecule has 3 rings (SSSR count). The summed E-state index contributed by atoms with van der Waals surface area (Å²) in [5.74, 6) is 0.367. The Morgan fingerprint density at radius 3 is 1.40 bits per heavy atom. The van der Waals surface area contributed by atoms with Gasteiger partial charge < -0.3 is 38.2 Å². The van der Waals surface area contributed by atoms with E-state index in [4.69, 9.17) is 38.5 Å². The molecule has 0 aliphatic heterocycles. The van der Waals surface area contributed by atoms with E-state index in [2.05, 4.69) is 28.2 Å². The molecule has 14 nitrogen and oxygen atoms in total. The van der Waals surface area contributed by atoms with E-state index in [0.717, 1.165) is 138 Å². The first-order valence-electron chi connectivity index (χ1n) is 24.7. The molecule has 384 valence electrons. The van der Waals surface area contributed by atoms with Crippen LogP contribution in [-0.4, -0.2) is 78.7 Å². The fourth-order valence-electron chi connectivity index (χ4n) is 7.22. The van der Waals surface area contributed by atoms with Gasteiger partial charge in [-0.2, -0.15) is 9.78 Å². The van der Waals surface area contributed by atoms with E-state index < -0.39 is 11.9 Å². The Kier molecular flexibility index (Phi) is 29.9. The fourth-order valence-corrected chi connectivity index (χ4v) is 7.22. The van der Waals surface area contributed by atoms with Crippen molar-refractivity contribution in [2.24, 2.45) is 0 Å². The number of hydrogen-bond donors (Lipinski definition) is 0. The number of carbonyl (C=O) groups excluding carboxylic acids is 4. The maximum atomic E-state index is 13.6. The Morgan fingerprint density at radius 1 is 0.486 bits per heavy atom. The second-order valence-corrected chi connectivity index (χ2v) is 16.9. The molecular formula is C56H76O14. The lowest BCUT2D eigenvalue weighted by Crippen LogP contribution is -2.10. The molecule has 0 amide bonds. The molecule has 0 heterocycles. The highest BCUT2D eigenvalue weighted by Gasteiger charge is 2.15. The molecule has 70 heavy (non-hydrogen) atoms. The van der Waals surface area contributed by atoms with Crippen LogP contribution in [0, 0.1) is 0 Å². The summed E-state index contributed by atoms with van der Waals surface area (Å²) in [5.41, 5.74) is 4.70. The minimum Gasteiger partial charge on any atom is -0.493 e. The summed E-state index contributed by atoms with van der Waals surface area (Å²) in [6, 6.07) is 16.7. The van der Waals surface area contributed by atoms with Gasteiger partial charge in [0, 0.05) is 17.7 Å². The summed E-state index contributed by atoms with van der Waals surface area (Å²) in [6.45, 7) is 6.93. The summed E-state index contributed by atoms with van der Waals surface area (Å²) < 4.78 is 31.2. The molecule has 0 bridgehead atoms. The highest BCUT2D eigenvalue weighted by Crippen LogP contribution is 2.30. The van der Waals surface area contributed by atoms with E-state index in [-0.39, 0.29) is 11.9 Å². The first-order chi connectivity index (χ1) is 34.1. The molecule has 0 aliphatic rings. The SMILES string of the molecule is C=C(C)C(=O)OCCCCCCCCCCCOC(=O)c1cc(CCCCCCOOc2ccc(C=CC(=O)OC)cc2OC)ccc1CCCCCCOOc1ccc(C=CC(=O)OC)cc1OC. The molecule has 0 aliphatic carbocycles. The van der Waals surface area contributed by atoms with Crippen molar-refractivity contribution in [3.63, 3.8) is 0 Å². The Labute approximate surface area is 415 Å². The standard InChI is InChI=1S/C56H76O14/c1-43(2)55(59)65-36-20-14-10-8-7-9-11-15-21-37-66-56(60)48-40-44(24-18-12-16-22-38-67-69-49-32-27-45(41-51(49)61-3)29-34-53(57)63-5)26-31-47(48)25-19-13-17-23-39-68-70-50-33-28-46(42-52(50)62-4)30-35-54(58)64-6/h26-35,40-42H,1,7-25,36-39H2,2-6H3. The monoisotopic (exact) mass is 973 g/mol. The van der Waals surface area contributed by atoms with Crippen LogP contribution in [0.5, 0.6) is 23.0 Å². The van der Waals surface area contributed by atoms with Gasteiger partial charge in [-0.3, -0.25) is 0 Å². The number of ether oxygens (including phenoxy) is 6. The van der Waals surface area contributed by atoms with Crippen molar-refractivity contribution < 1.29 is 67.1 Å². The van der Waals surface area contributed by atoms with E-state index in [1.54, 1.807) is 55.5 Å². The van der Waals surface area contributed by atoms with Crippen molar-refractivity contribution in [3.8, 4) is 23.0 Å². The summed E-state index contributed by atoms with van der Waals surface area (Å²) in [6.07, 6.45) is 24.3. The van der Waals surface area contributed by atoms with E-state index in [1.165, 1.54) is 47.0 Å². The first kappa shape index (κ1) is 58.2. The molecule has 0 atom stereocenters. The van der Waals surface area contributed by atoms with Crippen molar-refractivity contribution in [1.29, 1.82) is 0 Å². The summed E-state index contributed by atoms with van der Waals surface area (Å²) in [5, 5.41) is 0. The normalized spacial score (nSPS) is 11.1. The van der Waals surface area contributed by atoms with Gasteiger partial charge in [0.25, 0.3) is 0 Å². The molecule has 0 aromatic heterocycles. The van der Waals surface area contributed by atoms with Crippen LogP contribution in [0.15, 0.2) is 78.9 Å². The Balaban J connectivity index is 1.42. The average molecular weight is 973 g/mol. The molecule has 14 heteroatoms. The number of benzene rings is 3. The van der Waals surface area contributed by atoms with Gasteiger partial charge in [-0.1, -0.05) is 101 Å².